The van der Waals surface area contributed by atoms with E-state index in [9.17, 15) is 14.7 Å². The monoisotopic (exact) mass is 364 g/mol. The molecule has 108 valence electrons. The molecule has 0 spiro atoms. The number of carbonyl (C=O) groups excluding carboxylic acids is 2. The SMILES string of the molecule is CC(C)[O][Al+][O]C(C)C.CCC(C(C)=O)C(=O)[O-].[Zr]. The first kappa shape index (κ1) is 24.5. The molecule has 0 aliphatic carbocycles. The summed E-state index contributed by atoms with van der Waals surface area (Å²) in [4.78, 5) is 20.4. The molecule has 0 aliphatic rings. The summed E-state index contributed by atoms with van der Waals surface area (Å²) in [5.74, 6) is -2.52. The van der Waals surface area contributed by atoms with Crippen molar-refractivity contribution in [2.75, 3.05) is 0 Å². The molecule has 0 saturated heterocycles. The Morgan fingerprint density at radius 2 is 1.47 bits per heavy atom. The molecular formula is C12H23AlO5Zr. The molecule has 0 aromatic rings. The molecule has 19 heavy (non-hydrogen) atoms. The van der Waals surface area contributed by atoms with E-state index >= 15 is 0 Å². The number of aliphatic carboxylic acids is 1. The molecule has 7 heteroatoms. The molecule has 0 bridgehead atoms. The smallest absolute Gasteiger partial charge is 0.138 e. The van der Waals surface area contributed by atoms with Crippen molar-refractivity contribution in [2.24, 2.45) is 5.92 Å². The Morgan fingerprint density at radius 1 is 1.11 bits per heavy atom. The van der Waals surface area contributed by atoms with Gasteiger partial charge in [0.1, 0.15) is 5.78 Å². The van der Waals surface area contributed by atoms with Crippen molar-refractivity contribution >= 4 is 27.6 Å². The number of hydrogen-bond donors (Lipinski definition) is 0. The minimum atomic E-state index is -1.27. The summed E-state index contributed by atoms with van der Waals surface area (Å²) >= 11 is -0.245. The Balaban J connectivity index is -0.000000256. The van der Waals surface area contributed by atoms with Crippen LogP contribution in [0.15, 0.2) is 0 Å². The molecular weight excluding hydrogens is 342 g/mol. The number of ketones is 1. The average Bonchev–Trinajstić information content (AvgIpc) is 2.16. The van der Waals surface area contributed by atoms with E-state index in [1.54, 1.807) is 6.92 Å². The predicted octanol–water partition coefficient (Wildman–Crippen LogP) is 0.720. The van der Waals surface area contributed by atoms with Gasteiger partial charge in [-0.3, -0.25) is 4.79 Å². The van der Waals surface area contributed by atoms with E-state index in [-0.39, 0.29) is 47.9 Å². The van der Waals surface area contributed by atoms with Gasteiger partial charge in [0.05, 0.1) is 11.9 Å². The number of carboxylic acid groups (broad SMARTS) is 1. The van der Waals surface area contributed by atoms with Crippen molar-refractivity contribution in [3.63, 3.8) is 0 Å². The van der Waals surface area contributed by atoms with E-state index in [4.69, 9.17) is 7.58 Å². The number of hydrogen-bond acceptors (Lipinski definition) is 5. The summed E-state index contributed by atoms with van der Waals surface area (Å²) in [5.41, 5.74) is 0. The number of carbonyl (C=O) groups is 2. The van der Waals surface area contributed by atoms with E-state index in [1.165, 1.54) is 6.92 Å². The number of rotatable bonds is 7. The van der Waals surface area contributed by atoms with Crippen LogP contribution in [0.25, 0.3) is 0 Å². The quantitative estimate of drug-likeness (QED) is 0.491. The molecule has 0 aliphatic heterocycles. The molecule has 0 aromatic carbocycles. The zero-order valence-electron chi connectivity index (χ0n) is 12.6. The fourth-order valence-electron chi connectivity index (χ4n) is 0.874. The summed E-state index contributed by atoms with van der Waals surface area (Å²) in [6.45, 7) is 10.9. The van der Waals surface area contributed by atoms with Crippen molar-refractivity contribution in [1.82, 2.24) is 0 Å². The third-order valence-corrected chi connectivity index (χ3v) is 3.15. The summed E-state index contributed by atoms with van der Waals surface area (Å²) in [7, 11) is 0. The largest absolute Gasteiger partial charge is 0.549 e. The fourth-order valence-corrected chi connectivity index (χ4v) is 1.38. The molecule has 0 rings (SSSR count). The van der Waals surface area contributed by atoms with Crippen LogP contribution in [-0.4, -0.2) is 39.8 Å². The summed E-state index contributed by atoms with van der Waals surface area (Å²) in [5, 5.41) is 10.0. The van der Waals surface area contributed by atoms with Crippen LogP contribution in [-0.2, 0) is 43.4 Å². The molecule has 0 fully saturated rings. The second-order valence-electron chi connectivity index (χ2n) is 4.36. The van der Waals surface area contributed by atoms with Gasteiger partial charge in [0.2, 0.25) is 0 Å². The van der Waals surface area contributed by atoms with Crippen LogP contribution in [0.2, 0.25) is 0 Å². The van der Waals surface area contributed by atoms with Crippen LogP contribution >= 0.6 is 0 Å². The number of carboxylic acids is 1. The van der Waals surface area contributed by atoms with E-state index in [0.29, 0.717) is 18.6 Å². The van der Waals surface area contributed by atoms with E-state index in [2.05, 4.69) is 0 Å². The topological polar surface area (TPSA) is 75.7 Å². The maximum Gasteiger partial charge on any atom is 0.138 e. The van der Waals surface area contributed by atoms with Crippen LogP contribution in [0, 0.1) is 5.92 Å². The predicted molar refractivity (Wildman–Crippen MR) is 67.7 cm³/mol. The van der Waals surface area contributed by atoms with Gasteiger partial charge in [0.25, 0.3) is 0 Å². The van der Waals surface area contributed by atoms with E-state index in [1.807, 2.05) is 27.7 Å². The second kappa shape index (κ2) is 14.9. The van der Waals surface area contributed by atoms with E-state index in [0.717, 1.165) is 0 Å². The van der Waals surface area contributed by atoms with Crippen LogP contribution < -0.4 is 5.11 Å². The second-order valence-corrected chi connectivity index (χ2v) is 5.09. The third kappa shape index (κ3) is 18.5. The van der Waals surface area contributed by atoms with Gasteiger partial charge in [-0.2, -0.15) is 0 Å². The van der Waals surface area contributed by atoms with Crippen LogP contribution in [0.1, 0.15) is 48.0 Å². The maximum atomic E-state index is 10.4. The summed E-state index contributed by atoms with van der Waals surface area (Å²) in [6, 6.07) is 0. The average molecular weight is 366 g/mol. The molecule has 0 heterocycles. The van der Waals surface area contributed by atoms with Crippen LogP contribution in [0.3, 0.4) is 0 Å². The first-order valence-electron chi connectivity index (χ1n) is 6.06. The van der Waals surface area contributed by atoms with Gasteiger partial charge >= 0.3 is 63.4 Å². The Kier molecular flexibility index (Phi) is 19.2. The molecule has 0 saturated carbocycles. The van der Waals surface area contributed by atoms with Gasteiger partial charge in [0.15, 0.2) is 0 Å². The van der Waals surface area contributed by atoms with Crippen molar-refractivity contribution in [3.05, 3.63) is 0 Å². The summed E-state index contributed by atoms with van der Waals surface area (Å²) in [6.07, 6.45) is 0.926. The molecule has 0 aromatic heterocycles. The van der Waals surface area contributed by atoms with Gasteiger partial charge < -0.3 is 9.90 Å². The molecule has 0 radical (unpaired) electrons. The van der Waals surface area contributed by atoms with Gasteiger partial charge in [-0.05, 0) is 13.3 Å². The third-order valence-electron chi connectivity index (χ3n) is 1.84. The van der Waals surface area contributed by atoms with Crippen molar-refractivity contribution in [1.29, 1.82) is 0 Å². The van der Waals surface area contributed by atoms with Gasteiger partial charge in [-0.1, -0.05) is 6.92 Å². The van der Waals surface area contributed by atoms with Crippen molar-refractivity contribution in [3.8, 4) is 0 Å². The maximum absolute atomic E-state index is 10.4. The minimum absolute atomic E-state index is 0. The Labute approximate surface area is 141 Å². The van der Waals surface area contributed by atoms with Crippen LogP contribution in [0.4, 0.5) is 0 Å². The van der Waals surface area contributed by atoms with Gasteiger partial charge in [-0.25, -0.2) is 0 Å². The minimum Gasteiger partial charge on any atom is -0.549 e. The molecule has 0 N–H and O–H groups in total. The van der Waals surface area contributed by atoms with Crippen molar-refractivity contribution in [2.45, 2.75) is 60.2 Å². The normalized spacial score (nSPS) is 10.9. The standard InChI is InChI=1S/C6H10O3.2C3H7O.Al.Zr/c1-3-5(4(2)7)6(8)9;2*1-3(2)4;;/h5H,3H2,1-2H3,(H,8,9);2*3H,1-2H3;;/q;2*-1;+3;/p-1. The molecule has 1 unspecified atom stereocenters. The Bertz CT molecular complexity index is 224. The zero-order valence-corrected chi connectivity index (χ0v) is 16.2. The first-order valence-corrected chi connectivity index (χ1v) is 7.00. The molecule has 0 amide bonds. The van der Waals surface area contributed by atoms with E-state index < -0.39 is 11.9 Å². The van der Waals surface area contributed by atoms with Crippen molar-refractivity contribution < 1.29 is 48.5 Å². The molecule has 1 atom stereocenters. The first-order chi connectivity index (χ1) is 8.22. The number of Topliss-reactive ketones (excluding diaryl/α,β-unsaturated/α-hetero) is 1. The Hall–Kier alpha value is 0.476. The Morgan fingerprint density at radius 3 is 1.58 bits per heavy atom. The van der Waals surface area contributed by atoms with Gasteiger partial charge in [-0.15, -0.1) is 0 Å². The fraction of sp³-hybridized carbons (Fsp3) is 0.833. The van der Waals surface area contributed by atoms with Gasteiger partial charge in [0, 0.05) is 26.2 Å². The zero-order chi connectivity index (χ0) is 14.7. The van der Waals surface area contributed by atoms with Crippen LogP contribution in [0.5, 0.6) is 0 Å². The summed E-state index contributed by atoms with van der Waals surface area (Å²) < 4.78 is 10.4. The molecule has 5 nitrogen and oxygen atoms in total.